The van der Waals surface area contributed by atoms with Crippen molar-refractivity contribution in [2.45, 2.75) is 12.1 Å². The molecule has 1 amide bonds. The first-order chi connectivity index (χ1) is 11.1. The molecule has 2 aromatic heterocycles. The van der Waals surface area contributed by atoms with Gasteiger partial charge in [0.25, 0.3) is 0 Å². The number of nitrogens with one attached hydrogen (secondary N) is 2. The summed E-state index contributed by atoms with van der Waals surface area (Å²) in [6.07, 6.45) is 0. The smallest absolute Gasteiger partial charge is 0.236 e. The Hall–Kier alpha value is -1.90. The van der Waals surface area contributed by atoms with Crippen molar-refractivity contribution in [1.29, 1.82) is 0 Å². The van der Waals surface area contributed by atoms with Crippen molar-refractivity contribution in [3.05, 3.63) is 40.4 Å². The topological polar surface area (TPSA) is 83.6 Å². The maximum absolute atomic E-state index is 11.9. The van der Waals surface area contributed by atoms with Gasteiger partial charge in [0.2, 0.25) is 11.1 Å². The monoisotopic (exact) mass is 365 g/mol. The van der Waals surface area contributed by atoms with Gasteiger partial charge in [-0.05, 0) is 31.2 Å². The molecule has 0 aliphatic rings. The number of aromatic amines is 1. The number of nitrogens with zero attached hydrogens (tertiary/aromatic N) is 3. The quantitative estimate of drug-likeness (QED) is 0.674. The number of halogens is 1. The molecule has 0 fully saturated rings. The van der Waals surface area contributed by atoms with Crippen LogP contribution in [0.1, 0.15) is 5.69 Å². The Morgan fingerprint density at radius 3 is 2.83 bits per heavy atom. The van der Waals surface area contributed by atoms with Gasteiger partial charge in [0.15, 0.2) is 11.0 Å². The first-order valence-electron chi connectivity index (χ1n) is 6.63. The minimum absolute atomic E-state index is 0.137. The molecule has 3 rings (SSSR count). The third-order valence-electron chi connectivity index (χ3n) is 2.78. The molecule has 2 N–H and O–H groups in total. The number of benzene rings is 1. The van der Waals surface area contributed by atoms with Gasteiger partial charge in [-0.15, -0.1) is 16.4 Å². The Morgan fingerprint density at radius 1 is 1.35 bits per heavy atom. The van der Waals surface area contributed by atoms with Gasteiger partial charge in [-0.3, -0.25) is 9.89 Å². The molecule has 0 unspecified atom stereocenters. The Kier molecular flexibility index (Phi) is 4.94. The molecule has 0 radical (unpaired) electrons. The van der Waals surface area contributed by atoms with Crippen molar-refractivity contribution in [2.75, 3.05) is 11.1 Å². The number of hydrogen-bond donors (Lipinski definition) is 2. The number of anilines is 1. The zero-order valence-electron chi connectivity index (χ0n) is 12.0. The Balaban J connectivity index is 1.56. The lowest BCUT2D eigenvalue weighted by atomic mass is 10.2. The van der Waals surface area contributed by atoms with Crippen molar-refractivity contribution in [3.63, 3.8) is 0 Å². The number of rotatable bonds is 5. The van der Waals surface area contributed by atoms with Crippen LogP contribution < -0.4 is 5.32 Å². The van der Waals surface area contributed by atoms with E-state index < -0.39 is 0 Å². The van der Waals surface area contributed by atoms with Crippen LogP contribution in [0, 0.1) is 6.92 Å². The fourth-order valence-corrected chi connectivity index (χ4v) is 3.17. The van der Waals surface area contributed by atoms with E-state index in [2.05, 4.69) is 25.5 Å². The molecular weight excluding hydrogens is 354 g/mol. The Morgan fingerprint density at radius 2 is 2.13 bits per heavy atom. The molecule has 0 bridgehead atoms. The average molecular weight is 366 g/mol. The van der Waals surface area contributed by atoms with Crippen molar-refractivity contribution < 1.29 is 4.79 Å². The number of aryl methyl sites for hydroxylation is 1. The van der Waals surface area contributed by atoms with Crippen LogP contribution in [0.15, 0.2) is 34.8 Å². The zero-order valence-corrected chi connectivity index (χ0v) is 14.4. The van der Waals surface area contributed by atoms with E-state index >= 15 is 0 Å². The number of aromatic nitrogens is 4. The van der Waals surface area contributed by atoms with E-state index in [9.17, 15) is 4.79 Å². The molecule has 23 heavy (non-hydrogen) atoms. The summed E-state index contributed by atoms with van der Waals surface area (Å²) in [7, 11) is 0. The number of carbonyl (C=O) groups is 1. The lowest BCUT2D eigenvalue weighted by Crippen LogP contribution is -2.13. The number of amides is 1. The molecule has 2 heterocycles. The van der Waals surface area contributed by atoms with E-state index in [0.29, 0.717) is 21.1 Å². The molecule has 1 aromatic carbocycles. The molecule has 9 heteroatoms. The minimum atomic E-state index is -0.137. The summed E-state index contributed by atoms with van der Waals surface area (Å²) >= 11 is 8.52. The largest absolute Gasteiger partial charge is 0.301 e. The van der Waals surface area contributed by atoms with Gasteiger partial charge in [-0.2, -0.15) is 0 Å². The number of thiazole rings is 1. The number of thioether (sulfide) groups is 1. The predicted molar refractivity (Wildman–Crippen MR) is 93.0 cm³/mol. The van der Waals surface area contributed by atoms with Crippen molar-refractivity contribution >= 4 is 45.7 Å². The van der Waals surface area contributed by atoms with Crippen LogP contribution >= 0.6 is 34.7 Å². The van der Waals surface area contributed by atoms with E-state index in [1.165, 1.54) is 23.1 Å². The first-order valence-corrected chi connectivity index (χ1v) is 8.87. The van der Waals surface area contributed by atoms with Crippen molar-refractivity contribution in [3.8, 4) is 11.4 Å². The Labute approximate surface area is 145 Å². The summed E-state index contributed by atoms with van der Waals surface area (Å²) in [4.78, 5) is 20.4. The van der Waals surface area contributed by atoms with Crippen LogP contribution in [0.3, 0.4) is 0 Å². The van der Waals surface area contributed by atoms with Gasteiger partial charge in [0, 0.05) is 16.0 Å². The number of hydrogen-bond acceptors (Lipinski definition) is 6. The van der Waals surface area contributed by atoms with Crippen LogP contribution in [0.2, 0.25) is 5.02 Å². The molecule has 0 aliphatic heterocycles. The van der Waals surface area contributed by atoms with Gasteiger partial charge in [-0.1, -0.05) is 23.4 Å². The molecule has 0 saturated heterocycles. The van der Waals surface area contributed by atoms with Gasteiger partial charge in [0.05, 0.1) is 11.4 Å². The van der Waals surface area contributed by atoms with E-state index in [0.717, 1.165) is 11.3 Å². The van der Waals surface area contributed by atoms with Crippen LogP contribution in [-0.2, 0) is 4.79 Å². The van der Waals surface area contributed by atoms with Crippen molar-refractivity contribution in [2.24, 2.45) is 0 Å². The van der Waals surface area contributed by atoms with Crippen molar-refractivity contribution in [1.82, 2.24) is 20.2 Å². The molecule has 0 atom stereocenters. The molecule has 6 nitrogen and oxygen atoms in total. The number of carbonyl (C=O) groups excluding carboxylic acids is 1. The first kappa shape index (κ1) is 16.0. The summed E-state index contributed by atoms with van der Waals surface area (Å²) in [5.41, 5.74) is 1.77. The third-order valence-corrected chi connectivity index (χ3v) is 4.76. The summed E-state index contributed by atoms with van der Waals surface area (Å²) in [5.74, 6) is 0.721. The van der Waals surface area contributed by atoms with E-state index in [1.54, 1.807) is 12.1 Å². The highest BCUT2D eigenvalue weighted by Gasteiger charge is 2.10. The van der Waals surface area contributed by atoms with Gasteiger partial charge >= 0.3 is 0 Å². The minimum Gasteiger partial charge on any atom is -0.301 e. The lowest BCUT2D eigenvalue weighted by molar-refractivity contribution is -0.113. The van der Waals surface area contributed by atoms with E-state index in [1.807, 2.05) is 24.4 Å². The summed E-state index contributed by atoms with van der Waals surface area (Å²) in [6, 6.07) is 7.29. The molecule has 0 spiro atoms. The molecule has 118 valence electrons. The second-order valence-corrected chi connectivity index (χ2v) is 6.84. The van der Waals surface area contributed by atoms with Crippen LogP contribution in [0.4, 0.5) is 5.13 Å². The summed E-state index contributed by atoms with van der Waals surface area (Å²) in [5, 5.41) is 13.4. The fourth-order valence-electron chi connectivity index (χ4n) is 1.74. The standard InChI is InChI=1S/C14H12ClN5OS2/c1-8-6-22-13(16-8)17-11(21)7-23-14-18-12(19-20-14)9-2-4-10(15)5-3-9/h2-6H,7H2,1H3,(H,16,17,21)(H,18,19,20). The van der Waals surface area contributed by atoms with E-state index in [4.69, 9.17) is 11.6 Å². The molecule has 0 saturated carbocycles. The fraction of sp³-hybridized carbons (Fsp3) is 0.143. The van der Waals surface area contributed by atoms with Crippen LogP contribution in [0.5, 0.6) is 0 Å². The lowest BCUT2D eigenvalue weighted by Gasteiger charge is -1.99. The normalized spacial score (nSPS) is 10.7. The van der Waals surface area contributed by atoms with Gasteiger partial charge < -0.3 is 5.32 Å². The predicted octanol–water partition coefficient (Wildman–Crippen LogP) is 3.62. The molecular formula is C14H12ClN5OS2. The molecule has 0 aliphatic carbocycles. The highest BCUT2D eigenvalue weighted by atomic mass is 35.5. The highest BCUT2D eigenvalue weighted by molar-refractivity contribution is 7.99. The average Bonchev–Trinajstić information content (AvgIpc) is 3.15. The van der Waals surface area contributed by atoms with E-state index in [-0.39, 0.29) is 11.7 Å². The second kappa shape index (κ2) is 7.12. The maximum atomic E-state index is 11.9. The summed E-state index contributed by atoms with van der Waals surface area (Å²) in [6.45, 7) is 1.88. The zero-order chi connectivity index (χ0) is 16.2. The third kappa shape index (κ3) is 4.31. The van der Waals surface area contributed by atoms with Crippen LogP contribution in [-0.4, -0.2) is 31.8 Å². The molecule has 3 aromatic rings. The van der Waals surface area contributed by atoms with Gasteiger partial charge in [0.1, 0.15) is 0 Å². The Bertz CT molecular complexity index is 815. The number of H-pyrrole nitrogens is 1. The highest BCUT2D eigenvalue weighted by Crippen LogP contribution is 2.21. The maximum Gasteiger partial charge on any atom is 0.236 e. The second-order valence-electron chi connectivity index (χ2n) is 4.60. The van der Waals surface area contributed by atoms with Gasteiger partial charge in [-0.25, -0.2) is 9.97 Å². The SMILES string of the molecule is Cc1csc(NC(=O)CSc2n[nH]c(-c3ccc(Cl)cc3)n2)n1. The summed E-state index contributed by atoms with van der Waals surface area (Å²) < 4.78 is 0. The van der Waals surface area contributed by atoms with Crippen LogP contribution in [0.25, 0.3) is 11.4 Å².